The summed E-state index contributed by atoms with van der Waals surface area (Å²) >= 11 is 10.6. The zero-order valence-electron chi connectivity index (χ0n) is 14.4. The van der Waals surface area contributed by atoms with Crippen LogP contribution in [-0.4, -0.2) is 32.9 Å². The van der Waals surface area contributed by atoms with Crippen LogP contribution in [0.15, 0.2) is 66.9 Å². The highest BCUT2D eigenvalue weighted by Crippen LogP contribution is 2.16. The maximum Gasteiger partial charge on any atom is 0.265 e. The molecule has 0 radical (unpaired) electrons. The molecule has 1 aromatic carbocycles. The summed E-state index contributed by atoms with van der Waals surface area (Å²) < 4.78 is 2.44. The van der Waals surface area contributed by atoms with Crippen LogP contribution in [0, 0.1) is 4.64 Å². The van der Waals surface area contributed by atoms with Crippen LogP contribution in [0.2, 0.25) is 0 Å². The molecule has 7 heteroatoms. The molecule has 0 bridgehead atoms. The zero-order valence-corrected chi connectivity index (χ0v) is 16.1. The predicted molar refractivity (Wildman–Crippen MR) is 111 cm³/mol. The maximum atomic E-state index is 12.6. The molecular formula is C20H17N3O2S2. The summed E-state index contributed by atoms with van der Waals surface area (Å²) in [4.78, 5) is 26.2. The molecular weight excluding hydrogens is 378 g/mol. The molecule has 0 spiro atoms. The van der Waals surface area contributed by atoms with Gasteiger partial charge in [0.1, 0.15) is 10.2 Å². The van der Waals surface area contributed by atoms with E-state index in [4.69, 9.17) is 24.4 Å². The SMILES string of the molecule is C=CCN1C(=O)/C(=C/c2cccn(Cc3ccccc3)c2=S)C(=O)NC1=S. The fourth-order valence-corrected chi connectivity index (χ4v) is 3.22. The summed E-state index contributed by atoms with van der Waals surface area (Å²) in [6.07, 6.45) is 4.94. The van der Waals surface area contributed by atoms with E-state index in [9.17, 15) is 9.59 Å². The van der Waals surface area contributed by atoms with E-state index in [2.05, 4.69) is 11.9 Å². The summed E-state index contributed by atoms with van der Waals surface area (Å²) in [5, 5.41) is 2.61. The van der Waals surface area contributed by atoms with Crippen molar-refractivity contribution >= 4 is 47.4 Å². The van der Waals surface area contributed by atoms with Gasteiger partial charge in [-0.2, -0.15) is 0 Å². The average Bonchev–Trinajstić information content (AvgIpc) is 2.66. The first-order valence-electron chi connectivity index (χ1n) is 8.24. The van der Waals surface area contributed by atoms with Gasteiger partial charge >= 0.3 is 0 Å². The summed E-state index contributed by atoms with van der Waals surface area (Å²) in [5.74, 6) is -0.991. The van der Waals surface area contributed by atoms with E-state index in [0.29, 0.717) is 16.7 Å². The lowest BCUT2D eigenvalue weighted by molar-refractivity contribution is -0.128. The number of amides is 2. The monoisotopic (exact) mass is 395 g/mol. The van der Waals surface area contributed by atoms with E-state index in [1.54, 1.807) is 12.1 Å². The van der Waals surface area contributed by atoms with Crippen molar-refractivity contribution < 1.29 is 9.59 Å². The molecule has 0 atom stereocenters. The second kappa shape index (κ2) is 8.20. The average molecular weight is 396 g/mol. The summed E-state index contributed by atoms with van der Waals surface area (Å²) in [5.41, 5.74) is 1.72. The summed E-state index contributed by atoms with van der Waals surface area (Å²) in [6, 6.07) is 13.5. The molecule has 1 N–H and O–H groups in total. The van der Waals surface area contributed by atoms with Gasteiger partial charge in [-0.1, -0.05) is 54.7 Å². The Hall–Kier alpha value is -2.90. The van der Waals surface area contributed by atoms with Crippen molar-refractivity contribution in [3.63, 3.8) is 0 Å². The van der Waals surface area contributed by atoms with Crippen LogP contribution in [0.3, 0.4) is 0 Å². The van der Waals surface area contributed by atoms with Gasteiger partial charge < -0.3 is 4.57 Å². The molecule has 1 aliphatic rings. The number of nitrogens with zero attached hydrogens (tertiary/aromatic N) is 2. The quantitative estimate of drug-likeness (QED) is 0.366. The van der Waals surface area contributed by atoms with Crippen molar-refractivity contribution in [2.75, 3.05) is 6.54 Å². The second-order valence-electron chi connectivity index (χ2n) is 5.90. The highest BCUT2D eigenvalue weighted by Gasteiger charge is 2.32. The van der Waals surface area contributed by atoms with Gasteiger partial charge in [-0.15, -0.1) is 6.58 Å². The Bertz CT molecular complexity index is 1010. The first kappa shape index (κ1) is 18.9. The highest BCUT2D eigenvalue weighted by molar-refractivity contribution is 7.80. The number of hydrogen-bond donors (Lipinski definition) is 1. The highest BCUT2D eigenvalue weighted by atomic mass is 32.1. The van der Waals surface area contributed by atoms with Gasteiger partial charge in [-0.05, 0) is 29.9 Å². The van der Waals surface area contributed by atoms with Crippen LogP contribution in [0.1, 0.15) is 11.1 Å². The Morgan fingerprint density at radius 3 is 2.52 bits per heavy atom. The Kier molecular flexibility index (Phi) is 5.73. The van der Waals surface area contributed by atoms with Crippen molar-refractivity contribution in [3.8, 4) is 0 Å². The van der Waals surface area contributed by atoms with Crippen molar-refractivity contribution in [1.29, 1.82) is 0 Å². The first-order chi connectivity index (χ1) is 13.0. The molecule has 3 rings (SSSR count). The van der Waals surface area contributed by atoms with Crippen LogP contribution in [-0.2, 0) is 16.1 Å². The molecule has 1 aromatic heterocycles. The Morgan fingerprint density at radius 2 is 1.81 bits per heavy atom. The Balaban J connectivity index is 1.96. The van der Waals surface area contributed by atoms with E-state index >= 15 is 0 Å². The normalized spacial score (nSPS) is 15.8. The molecule has 0 aliphatic carbocycles. The standard InChI is InChI=1S/C20H17N3O2S2/c1-2-10-23-18(25)16(17(24)21-20(23)27)12-15-9-6-11-22(19(15)26)13-14-7-4-3-5-8-14/h2-9,11-12H,1,10,13H2,(H,21,24,27)/b16-12+. The number of carbonyl (C=O) groups is 2. The second-order valence-corrected chi connectivity index (χ2v) is 6.68. The molecule has 1 saturated heterocycles. The number of benzene rings is 1. The third-order valence-corrected chi connectivity index (χ3v) is 4.84. The van der Waals surface area contributed by atoms with Gasteiger partial charge in [0.2, 0.25) is 0 Å². The first-order valence-corrected chi connectivity index (χ1v) is 9.06. The van der Waals surface area contributed by atoms with Gasteiger partial charge in [0.05, 0.1) is 0 Å². The Labute approximate surface area is 167 Å². The smallest absolute Gasteiger partial charge is 0.265 e. The van der Waals surface area contributed by atoms with Crippen molar-refractivity contribution in [1.82, 2.24) is 14.8 Å². The van der Waals surface area contributed by atoms with Crippen LogP contribution >= 0.6 is 24.4 Å². The minimum Gasteiger partial charge on any atom is -0.334 e. The van der Waals surface area contributed by atoms with E-state index < -0.39 is 11.8 Å². The molecule has 2 heterocycles. The maximum absolute atomic E-state index is 12.6. The van der Waals surface area contributed by atoms with Crippen LogP contribution < -0.4 is 5.32 Å². The summed E-state index contributed by atoms with van der Waals surface area (Å²) in [7, 11) is 0. The molecule has 1 aliphatic heterocycles. The number of carbonyl (C=O) groups excluding carboxylic acids is 2. The lowest BCUT2D eigenvalue weighted by Gasteiger charge is -2.27. The molecule has 136 valence electrons. The largest absolute Gasteiger partial charge is 0.334 e. The van der Waals surface area contributed by atoms with Crippen LogP contribution in [0.5, 0.6) is 0 Å². The number of aromatic nitrogens is 1. The van der Waals surface area contributed by atoms with Crippen LogP contribution in [0.4, 0.5) is 0 Å². The van der Waals surface area contributed by atoms with Crippen LogP contribution in [0.25, 0.3) is 6.08 Å². The molecule has 1 fully saturated rings. The van der Waals surface area contributed by atoms with Gasteiger partial charge in [0.15, 0.2) is 5.11 Å². The number of nitrogens with one attached hydrogen (secondary N) is 1. The zero-order chi connectivity index (χ0) is 19.4. The van der Waals surface area contributed by atoms with Gasteiger partial charge in [0, 0.05) is 24.8 Å². The number of thiocarbonyl (C=S) groups is 1. The predicted octanol–water partition coefficient (Wildman–Crippen LogP) is 3.08. The lowest BCUT2D eigenvalue weighted by atomic mass is 10.1. The fourth-order valence-electron chi connectivity index (χ4n) is 2.71. The third kappa shape index (κ3) is 4.10. The third-order valence-electron chi connectivity index (χ3n) is 4.04. The molecule has 2 aromatic rings. The number of hydrogen-bond acceptors (Lipinski definition) is 4. The van der Waals surface area contributed by atoms with Crippen molar-refractivity contribution in [2.24, 2.45) is 0 Å². The van der Waals surface area contributed by atoms with Crippen molar-refractivity contribution in [3.05, 3.63) is 82.7 Å². The molecule has 5 nitrogen and oxygen atoms in total. The number of rotatable bonds is 5. The van der Waals surface area contributed by atoms with E-state index in [0.717, 1.165) is 5.56 Å². The molecule has 0 unspecified atom stereocenters. The van der Waals surface area contributed by atoms with E-state index in [1.807, 2.05) is 47.2 Å². The molecule has 2 amide bonds. The minimum absolute atomic E-state index is 0.00555. The van der Waals surface area contributed by atoms with E-state index in [-0.39, 0.29) is 17.2 Å². The Morgan fingerprint density at radius 1 is 1.07 bits per heavy atom. The lowest BCUT2D eigenvalue weighted by Crippen LogP contribution is -2.53. The fraction of sp³-hybridized carbons (Fsp3) is 0.100. The summed E-state index contributed by atoms with van der Waals surface area (Å²) in [6.45, 7) is 4.43. The van der Waals surface area contributed by atoms with Crippen molar-refractivity contribution in [2.45, 2.75) is 6.54 Å². The topological polar surface area (TPSA) is 54.3 Å². The van der Waals surface area contributed by atoms with Gasteiger partial charge in [-0.3, -0.25) is 19.8 Å². The van der Waals surface area contributed by atoms with Gasteiger partial charge in [0.25, 0.3) is 11.8 Å². The number of pyridine rings is 1. The molecule has 27 heavy (non-hydrogen) atoms. The van der Waals surface area contributed by atoms with Gasteiger partial charge in [-0.25, -0.2) is 0 Å². The minimum atomic E-state index is -0.529. The van der Waals surface area contributed by atoms with E-state index in [1.165, 1.54) is 11.0 Å². The molecule has 0 saturated carbocycles.